The quantitative estimate of drug-likeness (QED) is 0.353. The maximum absolute atomic E-state index is 8.43. The van der Waals surface area contributed by atoms with Crippen LogP contribution in [0.15, 0.2) is 46.0 Å². The number of nitrogens with one attached hydrogen (secondary N) is 1. The number of nitrogens with two attached hydrogens (primary N) is 1. The highest BCUT2D eigenvalue weighted by Crippen LogP contribution is 2.22. The molecule has 0 atom stereocenters. The Balaban J connectivity index is 2.23. The molecule has 4 nitrogen and oxygen atoms in total. The predicted octanol–water partition coefficient (Wildman–Crippen LogP) is 2.76. The van der Waals surface area contributed by atoms with Gasteiger partial charge in [-0.3, -0.25) is 0 Å². The van der Waals surface area contributed by atoms with Crippen molar-refractivity contribution in [1.82, 2.24) is 0 Å². The van der Waals surface area contributed by atoms with E-state index in [2.05, 4.69) is 32.5 Å². The number of hydrogen-bond donors (Lipinski definition) is 3. The summed E-state index contributed by atoms with van der Waals surface area (Å²) in [6.45, 7) is 0.318. The van der Waals surface area contributed by atoms with Gasteiger partial charge < -0.3 is 16.3 Å². The van der Waals surface area contributed by atoms with Crippen LogP contribution in [-0.2, 0) is 0 Å². The third-order valence-corrected chi connectivity index (χ3v) is 2.90. The number of anilines is 1. The van der Waals surface area contributed by atoms with Crippen LogP contribution in [0.3, 0.4) is 0 Å². The first kappa shape index (κ1) is 11.7. The summed E-state index contributed by atoms with van der Waals surface area (Å²) in [5.74, 6) is 0.154. The highest BCUT2D eigenvalue weighted by molar-refractivity contribution is 9.10. The largest absolute Gasteiger partial charge is 0.409 e. The highest BCUT2D eigenvalue weighted by Gasteiger charge is 1.98. The van der Waals surface area contributed by atoms with Crippen LogP contribution < -0.4 is 11.1 Å². The molecule has 88 valence electrons. The van der Waals surface area contributed by atoms with Gasteiger partial charge in [-0.25, -0.2) is 0 Å². The molecule has 0 amide bonds. The molecule has 2 aromatic rings. The van der Waals surface area contributed by atoms with Gasteiger partial charge in [0.1, 0.15) is 0 Å². The third kappa shape index (κ3) is 2.88. The second-order valence-corrected chi connectivity index (χ2v) is 4.57. The Kier molecular flexibility index (Phi) is 3.49. The Bertz CT molecular complexity index is 569. The molecule has 0 bridgehead atoms. The normalized spacial score (nSPS) is 11.7. The molecular formula is C12H12BrN3O. The Morgan fingerprint density at radius 3 is 2.71 bits per heavy atom. The van der Waals surface area contributed by atoms with Crippen molar-refractivity contribution >= 4 is 38.2 Å². The van der Waals surface area contributed by atoms with Crippen molar-refractivity contribution in [2.75, 3.05) is 11.9 Å². The minimum atomic E-state index is 0.154. The molecule has 0 saturated carbocycles. The number of nitrogens with zero attached hydrogens (tertiary/aromatic N) is 1. The van der Waals surface area contributed by atoms with E-state index in [1.807, 2.05) is 30.3 Å². The second kappa shape index (κ2) is 5.05. The lowest BCUT2D eigenvalue weighted by atomic mass is 10.1. The maximum atomic E-state index is 8.43. The van der Waals surface area contributed by atoms with Gasteiger partial charge in [0, 0.05) is 10.2 Å². The van der Waals surface area contributed by atoms with Crippen molar-refractivity contribution in [2.24, 2.45) is 10.9 Å². The number of rotatable bonds is 3. The zero-order valence-corrected chi connectivity index (χ0v) is 10.6. The van der Waals surface area contributed by atoms with E-state index in [0.717, 1.165) is 20.9 Å². The minimum Gasteiger partial charge on any atom is -0.409 e. The van der Waals surface area contributed by atoms with E-state index in [0.29, 0.717) is 6.54 Å². The van der Waals surface area contributed by atoms with Crippen molar-refractivity contribution in [3.05, 3.63) is 40.9 Å². The van der Waals surface area contributed by atoms with E-state index in [1.54, 1.807) is 0 Å². The second-order valence-electron chi connectivity index (χ2n) is 3.65. The summed E-state index contributed by atoms with van der Waals surface area (Å²) in [6.07, 6.45) is 0. The molecule has 0 radical (unpaired) electrons. The SMILES string of the molecule is N/C(CNc1ccc2cc(Br)ccc2c1)=N/O. The fraction of sp³-hybridized carbons (Fsp3) is 0.0833. The molecule has 0 saturated heterocycles. The number of halogens is 1. The first-order valence-electron chi connectivity index (χ1n) is 5.08. The molecule has 0 aliphatic carbocycles. The van der Waals surface area contributed by atoms with Crippen molar-refractivity contribution in [3.8, 4) is 0 Å². The van der Waals surface area contributed by atoms with Crippen molar-refractivity contribution in [1.29, 1.82) is 0 Å². The molecule has 0 unspecified atom stereocenters. The van der Waals surface area contributed by atoms with Gasteiger partial charge in [0.25, 0.3) is 0 Å². The number of oxime groups is 1. The topological polar surface area (TPSA) is 70.6 Å². The molecule has 0 aliphatic heterocycles. The van der Waals surface area contributed by atoms with Gasteiger partial charge in [0.15, 0.2) is 5.84 Å². The van der Waals surface area contributed by atoms with Gasteiger partial charge in [-0.15, -0.1) is 0 Å². The van der Waals surface area contributed by atoms with Crippen LogP contribution in [-0.4, -0.2) is 17.6 Å². The molecule has 2 rings (SSSR count). The molecule has 5 heteroatoms. The van der Waals surface area contributed by atoms with Crippen LogP contribution in [0.5, 0.6) is 0 Å². The molecule has 4 N–H and O–H groups in total. The summed E-state index contributed by atoms with van der Waals surface area (Å²) >= 11 is 3.43. The van der Waals surface area contributed by atoms with E-state index < -0.39 is 0 Å². The van der Waals surface area contributed by atoms with Crippen LogP contribution >= 0.6 is 15.9 Å². The summed E-state index contributed by atoms with van der Waals surface area (Å²) in [4.78, 5) is 0. The van der Waals surface area contributed by atoms with Gasteiger partial charge in [-0.2, -0.15) is 0 Å². The Labute approximate surface area is 107 Å². The first-order valence-corrected chi connectivity index (χ1v) is 5.88. The molecule has 17 heavy (non-hydrogen) atoms. The monoisotopic (exact) mass is 293 g/mol. The van der Waals surface area contributed by atoms with Crippen molar-refractivity contribution in [2.45, 2.75) is 0 Å². The Morgan fingerprint density at radius 1 is 1.24 bits per heavy atom. The summed E-state index contributed by atoms with van der Waals surface area (Å²) in [6, 6.07) is 12.1. The van der Waals surface area contributed by atoms with E-state index in [4.69, 9.17) is 10.9 Å². The number of fused-ring (bicyclic) bond motifs is 1. The lowest BCUT2D eigenvalue weighted by molar-refractivity contribution is 0.317. The standard InChI is InChI=1S/C12H12BrN3O/c13-10-3-1-9-6-11(4-2-8(9)5-10)15-7-12(14)16-17/h1-6,15,17H,7H2,(H2,14,16). The molecular weight excluding hydrogens is 282 g/mol. The Hall–Kier alpha value is -1.75. The molecule has 0 aromatic heterocycles. The van der Waals surface area contributed by atoms with Gasteiger partial charge in [0.05, 0.1) is 6.54 Å². The van der Waals surface area contributed by atoms with Gasteiger partial charge in [-0.05, 0) is 35.0 Å². The van der Waals surface area contributed by atoms with E-state index in [9.17, 15) is 0 Å². The summed E-state index contributed by atoms with van der Waals surface area (Å²) in [5, 5.41) is 16.7. The molecule has 0 heterocycles. The van der Waals surface area contributed by atoms with Crippen molar-refractivity contribution in [3.63, 3.8) is 0 Å². The minimum absolute atomic E-state index is 0.154. The van der Waals surface area contributed by atoms with E-state index in [1.165, 1.54) is 0 Å². The molecule has 0 aliphatic rings. The lowest BCUT2D eigenvalue weighted by Crippen LogP contribution is -2.22. The predicted molar refractivity (Wildman–Crippen MR) is 73.5 cm³/mol. The number of benzene rings is 2. The number of hydrogen-bond acceptors (Lipinski definition) is 3. The van der Waals surface area contributed by atoms with E-state index >= 15 is 0 Å². The average Bonchev–Trinajstić information content (AvgIpc) is 2.35. The fourth-order valence-corrected chi connectivity index (χ4v) is 1.93. The zero-order chi connectivity index (χ0) is 12.3. The zero-order valence-electron chi connectivity index (χ0n) is 9.02. The van der Waals surface area contributed by atoms with Crippen LogP contribution in [0.25, 0.3) is 10.8 Å². The smallest absolute Gasteiger partial charge is 0.158 e. The summed E-state index contributed by atoms with van der Waals surface area (Å²) < 4.78 is 1.06. The average molecular weight is 294 g/mol. The Morgan fingerprint density at radius 2 is 1.94 bits per heavy atom. The van der Waals surface area contributed by atoms with Crippen LogP contribution in [0.4, 0.5) is 5.69 Å². The maximum Gasteiger partial charge on any atom is 0.158 e. The van der Waals surface area contributed by atoms with E-state index in [-0.39, 0.29) is 5.84 Å². The molecule has 2 aromatic carbocycles. The highest BCUT2D eigenvalue weighted by atomic mass is 79.9. The van der Waals surface area contributed by atoms with Crippen LogP contribution in [0.1, 0.15) is 0 Å². The molecule has 0 spiro atoms. The van der Waals surface area contributed by atoms with Crippen LogP contribution in [0.2, 0.25) is 0 Å². The van der Waals surface area contributed by atoms with Gasteiger partial charge in [-0.1, -0.05) is 33.2 Å². The van der Waals surface area contributed by atoms with Gasteiger partial charge >= 0.3 is 0 Å². The van der Waals surface area contributed by atoms with Crippen molar-refractivity contribution < 1.29 is 5.21 Å². The lowest BCUT2D eigenvalue weighted by Gasteiger charge is -2.06. The van der Waals surface area contributed by atoms with Gasteiger partial charge in [0.2, 0.25) is 0 Å². The third-order valence-electron chi connectivity index (χ3n) is 2.40. The number of amidine groups is 1. The summed E-state index contributed by atoms with van der Waals surface area (Å²) in [7, 11) is 0. The summed E-state index contributed by atoms with van der Waals surface area (Å²) in [5.41, 5.74) is 6.32. The molecule has 0 fully saturated rings. The van der Waals surface area contributed by atoms with Crippen LogP contribution in [0, 0.1) is 0 Å². The first-order chi connectivity index (χ1) is 8.19. The fourth-order valence-electron chi connectivity index (χ4n) is 1.55.